The molecule has 1 amide bonds. The molecule has 0 unspecified atom stereocenters. The average Bonchev–Trinajstić information content (AvgIpc) is 3.11. The van der Waals surface area contributed by atoms with Crippen LogP contribution >= 0.6 is 0 Å². The molecular formula is C20H20F4N6O2. The summed E-state index contributed by atoms with van der Waals surface area (Å²) in [7, 11) is 0. The summed E-state index contributed by atoms with van der Waals surface area (Å²) in [6.07, 6.45) is -5.23. The predicted octanol–water partition coefficient (Wildman–Crippen LogP) is 2.70. The molecule has 0 N–H and O–H groups in total. The maximum atomic E-state index is 13.3. The monoisotopic (exact) mass is 452 g/mol. The van der Waals surface area contributed by atoms with Gasteiger partial charge in [0.25, 0.3) is 0 Å². The van der Waals surface area contributed by atoms with E-state index in [4.69, 9.17) is 4.74 Å². The van der Waals surface area contributed by atoms with Crippen molar-refractivity contribution < 1.29 is 27.1 Å². The number of aromatic nitrogens is 3. The van der Waals surface area contributed by atoms with Crippen LogP contribution in [-0.2, 0) is 24.0 Å². The van der Waals surface area contributed by atoms with Crippen molar-refractivity contribution >= 4 is 17.6 Å². The summed E-state index contributed by atoms with van der Waals surface area (Å²) in [5.74, 6) is 1.21. The van der Waals surface area contributed by atoms with Crippen molar-refractivity contribution in [3.8, 4) is 0 Å². The van der Waals surface area contributed by atoms with Crippen molar-refractivity contribution in [2.75, 3.05) is 36.0 Å². The lowest BCUT2D eigenvalue weighted by Gasteiger charge is -2.40. The second-order valence-electron chi connectivity index (χ2n) is 8.19. The van der Waals surface area contributed by atoms with E-state index in [2.05, 4.69) is 15.0 Å². The summed E-state index contributed by atoms with van der Waals surface area (Å²) in [5.41, 5.74) is 0.938. The molecule has 0 radical (unpaired) electrons. The number of fused-ring (bicyclic) bond motifs is 1. The Bertz CT molecular complexity index is 1050. The Kier molecular flexibility index (Phi) is 4.82. The van der Waals surface area contributed by atoms with E-state index in [0.717, 1.165) is 23.5 Å². The van der Waals surface area contributed by atoms with Gasteiger partial charge in [0.1, 0.15) is 29.6 Å². The second-order valence-corrected chi connectivity index (χ2v) is 8.19. The van der Waals surface area contributed by atoms with Crippen molar-refractivity contribution in [2.45, 2.75) is 38.5 Å². The zero-order valence-electron chi connectivity index (χ0n) is 17.1. The van der Waals surface area contributed by atoms with Gasteiger partial charge in [0.05, 0.1) is 45.0 Å². The van der Waals surface area contributed by atoms with Crippen LogP contribution in [0.5, 0.6) is 0 Å². The molecule has 8 nitrogen and oxygen atoms in total. The number of halogens is 4. The molecule has 0 bridgehead atoms. The lowest BCUT2D eigenvalue weighted by Crippen LogP contribution is -2.54. The highest BCUT2D eigenvalue weighted by Crippen LogP contribution is 2.34. The summed E-state index contributed by atoms with van der Waals surface area (Å²) < 4.78 is 57.4. The first-order valence-electron chi connectivity index (χ1n) is 10.2. The number of anilines is 2. The fourth-order valence-corrected chi connectivity index (χ4v) is 4.06. The van der Waals surface area contributed by atoms with Crippen molar-refractivity contribution in [3.05, 3.63) is 41.1 Å². The van der Waals surface area contributed by atoms with Crippen molar-refractivity contribution in [2.24, 2.45) is 0 Å². The first-order valence-corrected chi connectivity index (χ1v) is 10.2. The Labute approximate surface area is 180 Å². The highest BCUT2D eigenvalue weighted by Gasteiger charge is 2.38. The van der Waals surface area contributed by atoms with Crippen LogP contribution in [0.15, 0.2) is 18.3 Å². The van der Waals surface area contributed by atoms with Gasteiger partial charge in [0, 0.05) is 17.4 Å². The van der Waals surface area contributed by atoms with Crippen LogP contribution in [0, 0.1) is 6.92 Å². The van der Waals surface area contributed by atoms with Gasteiger partial charge in [-0.15, -0.1) is 0 Å². The van der Waals surface area contributed by atoms with Gasteiger partial charge in [0.2, 0.25) is 0 Å². The number of aryl methyl sites for hydroxylation is 1. The number of nitrogens with zero attached hydrogens (tertiary/aromatic N) is 6. The van der Waals surface area contributed by atoms with E-state index in [-0.39, 0.29) is 26.2 Å². The molecule has 0 aliphatic carbocycles. The summed E-state index contributed by atoms with van der Waals surface area (Å²) in [4.78, 5) is 29.9. The van der Waals surface area contributed by atoms with Gasteiger partial charge in [-0.25, -0.2) is 19.2 Å². The number of ether oxygens (including phenoxy) is 1. The van der Waals surface area contributed by atoms with Gasteiger partial charge < -0.3 is 14.5 Å². The normalized spacial score (nSPS) is 19.0. The van der Waals surface area contributed by atoms with Crippen molar-refractivity contribution in [3.63, 3.8) is 0 Å². The van der Waals surface area contributed by atoms with Crippen molar-refractivity contribution in [1.82, 2.24) is 19.9 Å². The number of carbonyl (C=O) groups excluding carboxylic acids is 1. The molecule has 3 aliphatic heterocycles. The molecular weight excluding hydrogens is 432 g/mol. The van der Waals surface area contributed by atoms with E-state index in [0.29, 0.717) is 30.4 Å². The molecule has 0 aromatic carbocycles. The molecule has 12 heteroatoms. The Morgan fingerprint density at radius 3 is 2.56 bits per heavy atom. The van der Waals surface area contributed by atoms with Gasteiger partial charge in [-0.1, -0.05) is 0 Å². The number of carbonyl (C=O) groups is 1. The minimum absolute atomic E-state index is 0.271. The highest BCUT2D eigenvalue weighted by atomic mass is 19.4. The maximum absolute atomic E-state index is 13.3. The first-order chi connectivity index (χ1) is 15.2. The number of amides is 1. The van der Waals surface area contributed by atoms with Crippen LogP contribution in [0.3, 0.4) is 0 Å². The summed E-state index contributed by atoms with van der Waals surface area (Å²) >= 11 is 0. The molecule has 2 saturated heterocycles. The Balaban J connectivity index is 1.19. The summed E-state index contributed by atoms with van der Waals surface area (Å²) in [6, 6.07) is 2.47. The lowest BCUT2D eigenvalue weighted by atomic mass is 10.1. The fraction of sp³-hybridized carbons (Fsp3) is 0.500. The number of rotatable bonds is 3. The van der Waals surface area contributed by atoms with E-state index in [9.17, 15) is 22.4 Å². The minimum Gasteiger partial charge on any atom is -0.442 e. The van der Waals surface area contributed by atoms with E-state index in [1.54, 1.807) is 11.8 Å². The molecule has 0 saturated carbocycles. The quantitative estimate of drug-likeness (QED) is 0.663. The number of hydrogen-bond donors (Lipinski definition) is 0. The molecule has 2 aromatic heterocycles. The molecule has 0 spiro atoms. The lowest BCUT2D eigenvalue weighted by molar-refractivity contribution is -0.141. The van der Waals surface area contributed by atoms with Crippen molar-refractivity contribution in [1.29, 1.82) is 0 Å². The molecule has 3 aliphatic rings. The Morgan fingerprint density at radius 1 is 1.12 bits per heavy atom. The number of hydrogen-bond acceptors (Lipinski definition) is 7. The number of alkyl halides is 4. The van der Waals surface area contributed by atoms with E-state index in [1.807, 2.05) is 4.90 Å². The third-order valence-electron chi connectivity index (χ3n) is 5.78. The summed E-state index contributed by atoms with van der Waals surface area (Å²) in [5, 5.41) is 0. The molecule has 2 aromatic rings. The highest BCUT2D eigenvalue weighted by molar-refractivity contribution is 5.70. The molecule has 2 fully saturated rings. The van der Waals surface area contributed by atoms with Crippen LogP contribution in [0.1, 0.15) is 22.8 Å². The largest absolute Gasteiger partial charge is 0.442 e. The molecule has 32 heavy (non-hydrogen) atoms. The predicted molar refractivity (Wildman–Crippen MR) is 105 cm³/mol. The van der Waals surface area contributed by atoms with E-state index >= 15 is 0 Å². The van der Waals surface area contributed by atoms with Crippen LogP contribution in [0.2, 0.25) is 0 Å². The minimum atomic E-state index is -4.52. The molecule has 0 atom stereocenters. The van der Waals surface area contributed by atoms with Gasteiger partial charge in [0.15, 0.2) is 0 Å². The first kappa shape index (κ1) is 20.7. The molecule has 5 heterocycles. The van der Waals surface area contributed by atoms with E-state index < -0.39 is 30.2 Å². The summed E-state index contributed by atoms with van der Waals surface area (Å²) in [6.45, 7) is 3.43. The molecule has 5 rings (SSSR count). The number of pyridine rings is 1. The average molecular weight is 452 g/mol. The standard InChI is InChI=1S/C20H20F4N6O2/c1-11-26-16-10-30(9-15(16)18(27-11)29-5-12(21)6-29)19(31)32-14-7-28(8-14)13-2-3-25-17(4-13)20(22,23)24/h2-4,12,14H,5-10H2,1H3. The zero-order valence-corrected chi connectivity index (χ0v) is 17.1. The SMILES string of the molecule is Cc1nc2c(c(N3CC(F)C3)n1)CN(C(=O)OC1CN(c3ccnc(C(F)(F)F)c3)C1)C2. The molecule has 170 valence electrons. The van der Waals surface area contributed by atoms with Crippen LogP contribution in [0.4, 0.5) is 33.9 Å². The van der Waals surface area contributed by atoms with Crippen LogP contribution < -0.4 is 9.80 Å². The Morgan fingerprint density at radius 2 is 1.88 bits per heavy atom. The smallest absolute Gasteiger partial charge is 0.433 e. The van der Waals surface area contributed by atoms with Gasteiger partial charge in [-0.2, -0.15) is 13.2 Å². The van der Waals surface area contributed by atoms with Gasteiger partial charge in [-0.05, 0) is 19.1 Å². The third kappa shape index (κ3) is 3.78. The third-order valence-corrected chi connectivity index (χ3v) is 5.78. The van der Waals surface area contributed by atoms with E-state index in [1.165, 1.54) is 11.0 Å². The van der Waals surface area contributed by atoms with Gasteiger partial charge >= 0.3 is 12.3 Å². The van der Waals surface area contributed by atoms with Crippen LogP contribution in [0.25, 0.3) is 0 Å². The maximum Gasteiger partial charge on any atom is 0.433 e. The van der Waals surface area contributed by atoms with Crippen LogP contribution in [-0.4, -0.2) is 64.4 Å². The Hall–Kier alpha value is -3.18. The topological polar surface area (TPSA) is 74.7 Å². The fourth-order valence-electron chi connectivity index (χ4n) is 4.06. The second kappa shape index (κ2) is 7.45. The zero-order chi connectivity index (χ0) is 22.6. The van der Waals surface area contributed by atoms with Gasteiger partial charge in [-0.3, -0.25) is 9.88 Å².